The summed E-state index contributed by atoms with van der Waals surface area (Å²) < 4.78 is 11.9. The summed E-state index contributed by atoms with van der Waals surface area (Å²) in [5.74, 6) is 0. The summed E-state index contributed by atoms with van der Waals surface area (Å²) in [7, 11) is 1.61. The van der Waals surface area contributed by atoms with Crippen molar-refractivity contribution in [3.8, 4) is 0 Å². The molecule has 0 saturated carbocycles. The third-order valence-electron chi connectivity index (χ3n) is 1.97. The first kappa shape index (κ1) is 13.4. The van der Waals surface area contributed by atoms with E-state index in [-0.39, 0.29) is 12.7 Å². The maximum atomic E-state index is 9.66. The molecule has 0 fully saturated rings. The van der Waals surface area contributed by atoms with Crippen molar-refractivity contribution in [3.63, 3.8) is 0 Å². The number of aliphatic hydroxyl groups excluding tert-OH is 1. The Morgan fingerprint density at radius 3 is 2.88 bits per heavy atom. The number of aromatic nitrogens is 2. The monoisotopic (exact) mass is 248 g/mol. The molecule has 0 aromatic carbocycles. The van der Waals surface area contributed by atoms with Crippen molar-refractivity contribution >= 4 is 11.6 Å². The van der Waals surface area contributed by atoms with E-state index < -0.39 is 6.10 Å². The number of hydrogen-bond acceptors (Lipinski definition) is 4. The predicted molar refractivity (Wildman–Crippen MR) is 60.5 cm³/mol. The molecular weight excluding hydrogens is 232 g/mol. The van der Waals surface area contributed by atoms with Gasteiger partial charge in [-0.15, -0.1) is 0 Å². The minimum atomic E-state index is -0.602. The van der Waals surface area contributed by atoms with Gasteiger partial charge in [0.2, 0.25) is 0 Å². The summed E-state index contributed by atoms with van der Waals surface area (Å²) in [6, 6.07) is 0. The Morgan fingerprint density at radius 2 is 2.31 bits per heavy atom. The fourth-order valence-corrected chi connectivity index (χ4v) is 1.42. The molecule has 0 aliphatic carbocycles. The number of aliphatic hydroxyl groups is 1. The summed E-state index contributed by atoms with van der Waals surface area (Å²) in [4.78, 5) is 0. The van der Waals surface area contributed by atoms with Crippen LogP contribution in [0.1, 0.15) is 6.92 Å². The molecule has 1 N–H and O–H groups in total. The zero-order chi connectivity index (χ0) is 12.0. The van der Waals surface area contributed by atoms with E-state index in [1.807, 2.05) is 6.92 Å². The fraction of sp³-hybridized carbons (Fsp3) is 0.700. The highest BCUT2D eigenvalue weighted by Crippen LogP contribution is 2.05. The molecule has 0 spiro atoms. The second-order valence-electron chi connectivity index (χ2n) is 3.63. The molecule has 6 heteroatoms. The van der Waals surface area contributed by atoms with E-state index in [1.165, 1.54) is 6.20 Å². The largest absolute Gasteiger partial charge is 0.389 e. The van der Waals surface area contributed by atoms with E-state index in [2.05, 4.69) is 5.10 Å². The zero-order valence-corrected chi connectivity index (χ0v) is 10.2. The van der Waals surface area contributed by atoms with E-state index >= 15 is 0 Å². The van der Waals surface area contributed by atoms with Crippen molar-refractivity contribution in [1.82, 2.24) is 9.78 Å². The average molecular weight is 249 g/mol. The lowest BCUT2D eigenvalue weighted by molar-refractivity contribution is -0.0364. The molecule has 5 nitrogen and oxygen atoms in total. The lowest BCUT2D eigenvalue weighted by Crippen LogP contribution is -2.26. The number of methoxy groups -OCH3 is 1. The summed E-state index contributed by atoms with van der Waals surface area (Å²) in [6.07, 6.45) is 2.56. The third kappa shape index (κ3) is 4.94. The van der Waals surface area contributed by atoms with Crippen molar-refractivity contribution in [2.75, 3.05) is 20.3 Å². The van der Waals surface area contributed by atoms with Gasteiger partial charge in [-0.2, -0.15) is 5.10 Å². The van der Waals surface area contributed by atoms with Crippen LogP contribution in [0.5, 0.6) is 0 Å². The van der Waals surface area contributed by atoms with Gasteiger partial charge in [-0.05, 0) is 6.92 Å². The van der Waals surface area contributed by atoms with Crippen LogP contribution < -0.4 is 0 Å². The second kappa shape index (κ2) is 6.85. The summed E-state index contributed by atoms with van der Waals surface area (Å²) in [6.45, 7) is 3.02. The van der Waals surface area contributed by atoms with Crippen molar-refractivity contribution < 1.29 is 14.6 Å². The number of ether oxygens (including phenoxy) is 2. The van der Waals surface area contributed by atoms with Crippen LogP contribution in [0.2, 0.25) is 5.02 Å². The van der Waals surface area contributed by atoms with Gasteiger partial charge in [-0.3, -0.25) is 4.68 Å². The van der Waals surface area contributed by atoms with Gasteiger partial charge in [-0.25, -0.2) is 0 Å². The van der Waals surface area contributed by atoms with E-state index in [0.717, 1.165) is 0 Å². The minimum absolute atomic E-state index is 0.0270. The van der Waals surface area contributed by atoms with Gasteiger partial charge < -0.3 is 14.6 Å². The first-order valence-corrected chi connectivity index (χ1v) is 5.46. The molecule has 0 bridgehead atoms. The quantitative estimate of drug-likeness (QED) is 0.781. The Hall–Kier alpha value is -0.620. The SMILES string of the molecule is COCC(C)OCC(O)Cn1cc(Cl)cn1. The lowest BCUT2D eigenvalue weighted by Gasteiger charge is -2.15. The molecule has 1 heterocycles. The van der Waals surface area contributed by atoms with E-state index in [0.29, 0.717) is 18.2 Å². The molecule has 0 aliphatic rings. The fourth-order valence-electron chi connectivity index (χ4n) is 1.26. The first-order valence-electron chi connectivity index (χ1n) is 5.08. The molecule has 16 heavy (non-hydrogen) atoms. The molecule has 1 aromatic heterocycles. The number of hydrogen-bond donors (Lipinski definition) is 1. The predicted octanol–water partition coefficient (Wildman–Crippen LogP) is 0.949. The summed E-state index contributed by atoms with van der Waals surface area (Å²) >= 11 is 5.70. The Kier molecular flexibility index (Phi) is 5.76. The lowest BCUT2D eigenvalue weighted by atomic mass is 10.3. The van der Waals surface area contributed by atoms with Crippen LogP contribution in [0, 0.1) is 0 Å². The zero-order valence-electron chi connectivity index (χ0n) is 9.47. The van der Waals surface area contributed by atoms with Gasteiger partial charge in [0.25, 0.3) is 0 Å². The van der Waals surface area contributed by atoms with E-state index in [1.54, 1.807) is 18.0 Å². The van der Waals surface area contributed by atoms with Crippen LogP contribution >= 0.6 is 11.6 Å². The highest BCUT2D eigenvalue weighted by atomic mass is 35.5. The van der Waals surface area contributed by atoms with Gasteiger partial charge in [0.05, 0.1) is 43.2 Å². The maximum Gasteiger partial charge on any atom is 0.0969 e. The van der Waals surface area contributed by atoms with Crippen LogP contribution in [0.25, 0.3) is 0 Å². The molecule has 0 saturated heterocycles. The number of nitrogens with zero attached hydrogens (tertiary/aromatic N) is 2. The number of rotatable bonds is 7. The van der Waals surface area contributed by atoms with E-state index in [9.17, 15) is 5.11 Å². The van der Waals surface area contributed by atoms with Crippen LogP contribution in [-0.4, -0.2) is 47.4 Å². The number of halogens is 1. The van der Waals surface area contributed by atoms with Gasteiger partial charge in [-0.1, -0.05) is 11.6 Å². The summed E-state index contributed by atoms with van der Waals surface area (Å²) in [5, 5.41) is 14.2. The Balaban J connectivity index is 2.23. The normalized spacial score (nSPS) is 15.0. The molecule has 1 aromatic rings. The van der Waals surface area contributed by atoms with Gasteiger partial charge in [0.1, 0.15) is 0 Å². The third-order valence-corrected chi connectivity index (χ3v) is 2.17. The maximum absolute atomic E-state index is 9.66. The standard InChI is InChI=1S/C10H17ClN2O3/c1-8(6-15-2)16-7-10(14)5-13-4-9(11)3-12-13/h3-4,8,10,14H,5-7H2,1-2H3. The van der Waals surface area contributed by atoms with Crippen molar-refractivity contribution in [1.29, 1.82) is 0 Å². The molecule has 0 aliphatic heterocycles. The van der Waals surface area contributed by atoms with Crippen LogP contribution in [-0.2, 0) is 16.0 Å². The van der Waals surface area contributed by atoms with Gasteiger partial charge >= 0.3 is 0 Å². The average Bonchev–Trinajstić information content (AvgIpc) is 2.61. The van der Waals surface area contributed by atoms with Crippen molar-refractivity contribution in [2.24, 2.45) is 0 Å². The Labute approximate surface area is 99.9 Å². The van der Waals surface area contributed by atoms with Crippen LogP contribution in [0.3, 0.4) is 0 Å². The molecule has 1 rings (SSSR count). The molecule has 0 radical (unpaired) electrons. The molecular formula is C10H17ClN2O3. The van der Waals surface area contributed by atoms with Crippen LogP contribution in [0.4, 0.5) is 0 Å². The van der Waals surface area contributed by atoms with Gasteiger partial charge in [0, 0.05) is 13.3 Å². The van der Waals surface area contributed by atoms with Crippen molar-refractivity contribution in [3.05, 3.63) is 17.4 Å². The van der Waals surface area contributed by atoms with Crippen LogP contribution in [0.15, 0.2) is 12.4 Å². The molecule has 2 atom stereocenters. The second-order valence-corrected chi connectivity index (χ2v) is 4.07. The van der Waals surface area contributed by atoms with Crippen molar-refractivity contribution in [2.45, 2.75) is 25.7 Å². The highest BCUT2D eigenvalue weighted by Gasteiger charge is 2.09. The molecule has 92 valence electrons. The van der Waals surface area contributed by atoms with Gasteiger partial charge in [0.15, 0.2) is 0 Å². The van der Waals surface area contributed by atoms with E-state index in [4.69, 9.17) is 21.1 Å². The summed E-state index contributed by atoms with van der Waals surface area (Å²) in [5.41, 5.74) is 0. The molecule has 2 unspecified atom stereocenters. The minimum Gasteiger partial charge on any atom is -0.389 e. The first-order chi connectivity index (χ1) is 7.61. The topological polar surface area (TPSA) is 56.5 Å². The molecule has 0 amide bonds. The Morgan fingerprint density at radius 1 is 1.56 bits per heavy atom. The smallest absolute Gasteiger partial charge is 0.0969 e. The Bertz CT molecular complexity index is 306. The highest BCUT2D eigenvalue weighted by molar-refractivity contribution is 6.30.